The Morgan fingerprint density at radius 3 is 2.57 bits per heavy atom. The largest absolute Gasteiger partial charge is 0.388 e. The van der Waals surface area contributed by atoms with Crippen LogP contribution in [0, 0.1) is 5.92 Å². The first kappa shape index (κ1) is 10.4. The summed E-state index contributed by atoms with van der Waals surface area (Å²) >= 11 is 0. The standard InChI is InChI=1S/C11H21NO2/c1-12(8-10-2-3-10)9-11(13)4-6-14-7-5-11/h10,13H,2-9H2,1H3. The van der Waals surface area contributed by atoms with E-state index in [-0.39, 0.29) is 0 Å². The topological polar surface area (TPSA) is 32.7 Å². The number of hydrogen-bond acceptors (Lipinski definition) is 3. The van der Waals surface area contributed by atoms with Gasteiger partial charge >= 0.3 is 0 Å². The molecule has 2 aliphatic rings. The molecule has 3 heteroatoms. The Balaban J connectivity index is 1.75. The van der Waals surface area contributed by atoms with E-state index in [2.05, 4.69) is 11.9 Å². The average molecular weight is 199 g/mol. The van der Waals surface area contributed by atoms with Crippen molar-refractivity contribution in [1.29, 1.82) is 0 Å². The van der Waals surface area contributed by atoms with E-state index in [4.69, 9.17) is 4.74 Å². The lowest BCUT2D eigenvalue weighted by Gasteiger charge is -2.35. The van der Waals surface area contributed by atoms with Crippen molar-refractivity contribution in [2.24, 2.45) is 5.92 Å². The minimum absolute atomic E-state index is 0.484. The van der Waals surface area contributed by atoms with Crippen molar-refractivity contribution in [2.75, 3.05) is 33.4 Å². The van der Waals surface area contributed by atoms with E-state index >= 15 is 0 Å². The summed E-state index contributed by atoms with van der Waals surface area (Å²) in [4.78, 5) is 2.28. The van der Waals surface area contributed by atoms with E-state index in [0.717, 1.165) is 31.8 Å². The van der Waals surface area contributed by atoms with Crippen LogP contribution in [0.3, 0.4) is 0 Å². The summed E-state index contributed by atoms with van der Waals surface area (Å²) in [5.74, 6) is 0.906. The zero-order chi connectivity index (χ0) is 10.0. The lowest BCUT2D eigenvalue weighted by Crippen LogP contribution is -2.46. The molecule has 0 bridgehead atoms. The molecule has 0 amide bonds. The third-order valence-electron chi connectivity index (χ3n) is 3.25. The van der Waals surface area contributed by atoms with Gasteiger partial charge in [-0.1, -0.05) is 0 Å². The van der Waals surface area contributed by atoms with E-state index in [1.54, 1.807) is 0 Å². The predicted octanol–water partition coefficient (Wildman–Crippen LogP) is 0.870. The Hall–Kier alpha value is -0.120. The first-order valence-corrected chi connectivity index (χ1v) is 5.67. The molecule has 0 aromatic carbocycles. The predicted molar refractivity (Wildman–Crippen MR) is 55.2 cm³/mol. The highest BCUT2D eigenvalue weighted by Crippen LogP contribution is 2.30. The average Bonchev–Trinajstić information content (AvgIpc) is 2.88. The van der Waals surface area contributed by atoms with Crippen LogP contribution in [0.15, 0.2) is 0 Å². The third kappa shape index (κ3) is 2.94. The van der Waals surface area contributed by atoms with Gasteiger partial charge in [0.2, 0.25) is 0 Å². The van der Waals surface area contributed by atoms with Crippen LogP contribution >= 0.6 is 0 Å². The Bertz CT molecular complexity index is 186. The molecule has 1 aliphatic carbocycles. The molecular weight excluding hydrogens is 178 g/mol. The summed E-state index contributed by atoms with van der Waals surface area (Å²) in [6.45, 7) is 3.40. The van der Waals surface area contributed by atoms with Crippen molar-refractivity contribution in [2.45, 2.75) is 31.3 Å². The second kappa shape index (κ2) is 4.17. The molecule has 3 nitrogen and oxygen atoms in total. The Morgan fingerprint density at radius 2 is 2.00 bits per heavy atom. The molecule has 2 rings (SSSR count). The van der Waals surface area contributed by atoms with E-state index in [1.165, 1.54) is 12.8 Å². The normalized spacial score (nSPS) is 26.8. The summed E-state index contributed by atoms with van der Waals surface area (Å²) in [7, 11) is 2.12. The van der Waals surface area contributed by atoms with Crippen molar-refractivity contribution in [3.05, 3.63) is 0 Å². The summed E-state index contributed by atoms with van der Waals surface area (Å²) in [5.41, 5.74) is -0.484. The number of aliphatic hydroxyl groups is 1. The molecule has 1 N–H and O–H groups in total. The van der Waals surface area contributed by atoms with Crippen molar-refractivity contribution >= 4 is 0 Å². The lowest BCUT2D eigenvalue weighted by atomic mass is 9.94. The zero-order valence-electron chi connectivity index (χ0n) is 9.04. The Kier molecular flexibility index (Phi) is 3.10. The SMILES string of the molecule is CN(CC1CC1)CC1(O)CCOCC1. The molecule has 0 spiro atoms. The van der Waals surface area contributed by atoms with Crippen LogP contribution in [-0.4, -0.2) is 49.0 Å². The maximum absolute atomic E-state index is 10.3. The summed E-state index contributed by atoms with van der Waals surface area (Å²) in [6.07, 6.45) is 4.35. The van der Waals surface area contributed by atoms with Gasteiger partial charge in [-0.3, -0.25) is 0 Å². The van der Waals surface area contributed by atoms with Crippen LogP contribution in [0.25, 0.3) is 0 Å². The van der Waals surface area contributed by atoms with Gasteiger partial charge in [-0.25, -0.2) is 0 Å². The molecule has 1 aliphatic heterocycles. The van der Waals surface area contributed by atoms with Gasteiger partial charge in [0.1, 0.15) is 0 Å². The second-order valence-electron chi connectivity index (χ2n) is 4.98. The number of ether oxygens (including phenoxy) is 1. The zero-order valence-corrected chi connectivity index (χ0v) is 9.04. The fourth-order valence-corrected chi connectivity index (χ4v) is 2.22. The second-order valence-corrected chi connectivity index (χ2v) is 4.98. The lowest BCUT2D eigenvalue weighted by molar-refractivity contribution is -0.0771. The summed E-state index contributed by atoms with van der Waals surface area (Å²) in [6, 6.07) is 0. The van der Waals surface area contributed by atoms with E-state index in [9.17, 15) is 5.11 Å². The van der Waals surface area contributed by atoms with E-state index in [0.29, 0.717) is 13.2 Å². The molecule has 1 saturated carbocycles. The maximum Gasteiger partial charge on any atom is 0.0817 e. The van der Waals surface area contributed by atoms with Gasteiger partial charge in [-0.2, -0.15) is 0 Å². The van der Waals surface area contributed by atoms with E-state index < -0.39 is 5.60 Å². The monoisotopic (exact) mass is 199 g/mol. The Morgan fingerprint density at radius 1 is 1.36 bits per heavy atom. The number of likely N-dealkylation sites (N-methyl/N-ethyl adjacent to an activating group) is 1. The van der Waals surface area contributed by atoms with E-state index in [1.807, 2.05) is 0 Å². The van der Waals surface area contributed by atoms with Crippen molar-refractivity contribution < 1.29 is 9.84 Å². The molecule has 14 heavy (non-hydrogen) atoms. The summed E-state index contributed by atoms with van der Waals surface area (Å²) < 4.78 is 5.26. The fraction of sp³-hybridized carbons (Fsp3) is 1.00. The number of hydrogen-bond donors (Lipinski definition) is 1. The quantitative estimate of drug-likeness (QED) is 0.729. The molecule has 82 valence electrons. The Labute approximate surface area is 86.0 Å². The van der Waals surface area contributed by atoms with Crippen LogP contribution < -0.4 is 0 Å². The van der Waals surface area contributed by atoms with Gasteiger partial charge < -0.3 is 14.7 Å². The highest BCUT2D eigenvalue weighted by atomic mass is 16.5. The number of nitrogens with zero attached hydrogens (tertiary/aromatic N) is 1. The third-order valence-corrected chi connectivity index (χ3v) is 3.25. The molecule has 2 fully saturated rings. The maximum atomic E-state index is 10.3. The van der Waals surface area contributed by atoms with Gasteiger partial charge in [0.05, 0.1) is 5.60 Å². The van der Waals surface area contributed by atoms with Crippen molar-refractivity contribution in [1.82, 2.24) is 4.90 Å². The molecular formula is C11H21NO2. The smallest absolute Gasteiger partial charge is 0.0817 e. The van der Waals surface area contributed by atoms with Gasteiger partial charge in [-0.15, -0.1) is 0 Å². The van der Waals surface area contributed by atoms with Gasteiger partial charge in [0.15, 0.2) is 0 Å². The van der Waals surface area contributed by atoms with Crippen molar-refractivity contribution in [3.8, 4) is 0 Å². The van der Waals surface area contributed by atoms with Gasteiger partial charge in [0.25, 0.3) is 0 Å². The first-order valence-electron chi connectivity index (χ1n) is 5.67. The van der Waals surface area contributed by atoms with Crippen LogP contribution in [0.2, 0.25) is 0 Å². The van der Waals surface area contributed by atoms with Gasteiger partial charge in [0, 0.05) is 39.1 Å². The van der Waals surface area contributed by atoms with Crippen molar-refractivity contribution in [3.63, 3.8) is 0 Å². The number of rotatable bonds is 4. The summed E-state index contributed by atoms with van der Waals surface area (Å²) in [5, 5.41) is 10.3. The fourth-order valence-electron chi connectivity index (χ4n) is 2.22. The first-order chi connectivity index (χ1) is 6.68. The van der Waals surface area contributed by atoms with Crippen LogP contribution in [-0.2, 0) is 4.74 Å². The minimum atomic E-state index is -0.484. The molecule has 0 radical (unpaired) electrons. The molecule has 0 unspecified atom stereocenters. The molecule has 0 aromatic rings. The van der Waals surface area contributed by atoms with Crippen LogP contribution in [0.1, 0.15) is 25.7 Å². The molecule has 1 heterocycles. The molecule has 0 atom stereocenters. The highest BCUT2D eigenvalue weighted by molar-refractivity contribution is 4.85. The minimum Gasteiger partial charge on any atom is -0.388 e. The highest BCUT2D eigenvalue weighted by Gasteiger charge is 2.32. The molecule has 1 saturated heterocycles. The molecule has 0 aromatic heterocycles. The van der Waals surface area contributed by atoms with Crippen LogP contribution in [0.4, 0.5) is 0 Å². The van der Waals surface area contributed by atoms with Crippen LogP contribution in [0.5, 0.6) is 0 Å². The van der Waals surface area contributed by atoms with Gasteiger partial charge in [-0.05, 0) is 25.8 Å².